The number of amides is 1. The molecule has 0 unspecified atom stereocenters. The molecule has 6 nitrogen and oxygen atoms in total. The van der Waals surface area contributed by atoms with Crippen molar-refractivity contribution < 1.29 is 9.53 Å². The molecule has 0 bridgehead atoms. The SMILES string of the molecule is CC(C)(C)OC(=O)NCC1=Cc2nc(Cl)ccc2NN1. The van der Waals surface area contributed by atoms with Crippen LogP contribution < -0.4 is 16.2 Å². The van der Waals surface area contributed by atoms with Crippen molar-refractivity contribution in [1.29, 1.82) is 0 Å². The van der Waals surface area contributed by atoms with Crippen LogP contribution >= 0.6 is 11.6 Å². The first-order chi connectivity index (χ1) is 9.33. The van der Waals surface area contributed by atoms with Gasteiger partial charge in [-0.25, -0.2) is 9.78 Å². The second-order valence-electron chi connectivity index (χ2n) is 5.34. The highest BCUT2D eigenvalue weighted by Gasteiger charge is 2.17. The number of hydrazine groups is 1. The van der Waals surface area contributed by atoms with Crippen LogP contribution in [-0.4, -0.2) is 23.2 Å². The molecule has 1 aliphatic rings. The summed E-state index contributed by atoms with van der Waals surface area (Å²) in [6, 6.07) is 3.53. The summed E-state index contributed by atoms with van der Waals surface area (Å²) in [6.07, 6.45) is 1.35. The Kier molecular flexibility index (Phi) is 4.04. The molecule has 0 spiro atoms. The Balaban J connectivity index is 1.96. The smallest absolute Gasteiger partial charge is 0.407 e. The van der Waals surface area contributed by atoms with Gasteiger partial charge in [-0.3, -0.25) is 5.43 Å². The monoisotopic (exact) mass is 296 g/mol. The van der Waals surface area contributed by atoms with E-state index in [1.54, 1.807) is 6.07 Å². The quantitative estimate of drug-likeness (QED) is 0.731. The van der Waals surface area contributed by atoms with Gasteiger partial charge in [0.25, 0.3) is 0 Å². The maximum atomic E-state index is 11.6. The van der Waals surface area contributed by atoms with Gasteiger partial charge in [0.05, 0.1) is 23.6 Å². The third-order valence-corrected chi connectivity index (χ3v) is 2.59. The number of hydrogen-bond acceptors (Lipinski definition) is 5. The van der Waals surface area contributed by atoms with E-state index in [1.807, 2.05) is 32.9 Å². The number of rotatable bonds is 2. The fourth-order valence-electron chi connectivity index (χ4n) is 1.59. The molecule has 0 aromatic carbocycles. The van der Waals surface area contributed by atoms with Gasteiger partial charge in [0.2, 0.25) is 0 Å². The van der Waals surface area contributed by atoms with Crippen molar-refractivity contribution in [3.05, 3.63) is 28.7 Å². The molecule has 3 N–H and O–H groups in total. The highest BCUT2D eigenvalue weighted by molar-refractivity contribution is 6.29. The van der Waals surface area contributed by atoms with E-state index in [4.69, 9.17) is 16.3 Å². The first-order valence-corrected chi connectivity index (χ1v) is 6.57. The van der Waals surface area contributed by atoms with Gasteiger partial charge in [-0.1, -0.05) is 11.6 Å². The molecule has 0 atom stereocenters. The molecule has 0 saturated heterocycles. The molecular weight excluding hydrogens is 280 g/mol. The minimum absolute atomic E-state index is 0.301. The molecule has 7 heteroatoms. The van der Waals surface area contributed by atoms with E-state index < -0.39 is 11.7 Å². The van der Waals surface area contributed by atoms with Gasteiger partial charge in [-0.2, -0.15) is 0 Å². The molecule has 1 amide bonds. The lowest BCUT2D eigenvalue weighted by atomic mass is 10.2. The Bertz CT molecular complexity index is 552. The Hall–Kier alpha value is -1.95. The summed E-state index contributed by atoms with van der Waals surface area (Å²) >= 11 is 5.85. The van der Waals surface area contributed by atoms with Crippen LogP contribution in [0.15, 0.2) is 17.8 Å². The number of fused-ring (bicyclic) bond motifs is 1. The van der Waals surface area contributed by atoms with Crippen LogP contribution in [0.5, 0.6) is 0 Å². The predicted molar refractivity (Wildman–Crippen MR) is 78.2 cm³/mol. The third-order valence-electron chi connectivity index (χ3n) is 2.38. The van der Waals surface area contributed by atoms with E-state index in [9.17, 15) is 4.79 Å². The first-order valence-electron chi connectivity index (χ1n) is 6.19. The van der Waals surface area contributed by atoms with Gasteiger partial charge < -0.3 is 15.5 Å². The molecule has 0 radical (unpaired) electrons. The fraction of sp³-hybridized carbons (Fsp3) is 0.385. The van der Waals surface area contributed by atoms with Crippen molar-refractivity contribution in [3.63, 3.8) is 0 Å². The zero-order valence-corrected chi connectivity index (χ0v) is 12.3. The Morgan fingerprint density at radius 2 is 2.15 bits per heavy atom. The second kappa shape index (κ2) is 5.58. The topological polar surface area (TPSA) is 75.3 Å². The minimum Gasteiger partial charge on any atom is -0.444 e. The summed E-state index contributed by atoms with van der Waals surface area (Å²) in [5, 5.41) is 3.08. The third kappa shape index (κ3) is 4.03. The van der Waals surface area contributed by atoms with Crippen molar-refractivity contribution in [2.45, 2.75) is 26.4 Å². The predicted octanol–water partition coefficient (Wildman–Crippen LogP) is 2.53. The number of carbonyl (C=O) groups excluding carboxylic acids is 1. The molecule has 2 heterocycles. The number of carbonyl (C=O) groups is 1. The molecule has 1 aromatic rings. The number of aromatic nitrogens is 1. The van der Waals surface area contributed by atoms with E-state index in [0.717, 1.165) is 17.1 Å². The van der Waals surface area contributed by atoms with Crippen molar-refractivity contribution >= 4 is 29.5 Å². The van der Waals surface area contributed by atoms with Crippen LogP contribution in [0.2, 0.25) is 5.15 Å². The molecule has 2 rings (SSSR count). The van der Waals surface area contributed by atoms with Crippen LogP contribution in [0.3, 0.4) is 0 Å². The van der Waals surface area contributed by atoms with Crippen molar-refractivity contribution in [3.8, 4) is 0 Å². The number of nitrogens with zero attached hydrogens (tertiary/aromatic N) is 1. The zero-order chi connectivity index (χ0) is 14.8. The summed E-state index contributed by atoms with van der Waals surface area (Å²) in [7, 11) is 0. The average Bonchev–Trinajstić information content (AvgIpc) is 2.33. The van der Waals surface area contributed by atoms with Gasteiger partial charge >= 0.3 is 6.09 Å². The Morgan fingerprint density at radius 3 is 2.85 bits per heavy atom. The van der Waals surface area contributed by atoms with Crippen LogP contribution in [0.4, 0.5) is 10.5 Å². The summed E-state index contributed by atoms with van der Waals surface area (Å²) < 4.78 is 5.16. The van der Waals surface area contributed by atoms with Gasteiger partial charge in [0.15, 0.2) is 0 Å². The lowest BCUT2D eigenvalue weighted by molar-refractivity contribution is 0.0532. The number of alkyl carbamates (subject to hydrolysis) is 1. The van der Waals surface area contributed by atoms with Crippen molar-refractivity contribution in [1.82, 2.24) is 15.7 Å². The van der Waals surface area contributed by atoms with Gasteiger partial charge in [0, 0.05) is 0 Å². The molecule has 1 aromatic heterocycles. The molecular formula is C13H17ClN4O2. The van der Waals surface area contributed by atoms with E-state index in [2.05, 4.69) is 21.2 Å². The van der Waals surface area contributed by atoms with Crippen molar-refractivity contribution in [2.75, 3.05) is 12.0 Å². The molecule has 1 aliphatic heterocycles. The lowest BCUT2D eigenvalue weighted by Gasteiger charge is -2.22. The van der Waals surface area contributed by atoms with Crippen LogP contribution in [0.25, 0.3) is 6.08 Å². The lowest BCUT2D eigenvalue weighted by Crippen LogP contribution is -2.37. The normalized spacial score (nSPS) is 13.5. The highest BCUT2D eigenvalue weighted by atomic mass is 35.5. The molecule has 20 heavy (non-hydrogen) atoms. The standard InChI is InChI=1S/C13H17ClN4O2/c1-13(2,3)20-12(19)15-7-8-6-10-9(18-17-8)4-5-11(14)16-10/h4-6,17-18H,7H2,1-3H3,(H,15,19). The summed E-state index contributed by atoms with van der Waals surface area (Å²) in [5.41, 5.74) is 7.75. The Morgan fingerprint density at radius 1 is 1.40 bits per heavy atom. The Labute approximate surface area is 122 Å². The molecule has 0 aliphatic carbocycles. The summed E-state index contributed by atoms with van der Waals surface area (Å²) in [5.74, 6) is 0. The molecule has 0 fully saturated rings. The second-order valence-corrected chi connectivity index (χ2v) is 5.73. The number of nitrogens with one attached hydrogen (secondary N) is 3. The summed E-state index contributed by atoms with van der Waals surface area (Å²) in [4.78, 5) is 15.7. The van der Waals surface area contributed by atoms with Gasteiger partial charge in [-0.15, -0.1) is 0 Å². The van der Waals surface area contributed by atoms with Crippen LogP contribution in [0, 0.1) is 0 Å². The molecule has 0 saturated carbocycles. The van der Waals surface area contributed by atoms with Gasteiger partial charge in [-0.05, 0) is 39.0 Å². The summed E-state index contributed by atoms with van der Waals surface area (Å²) in [6.45, 7) is 5.74. The van der Waals surface area contributed by atoms with Gasteiger partial charge in [0.1, 0.15) is 10.8 Å². The number of pyridine rings is 1. The minimum atomic E-state index is -0.515. The number of ether oxygens (including phenoxy) is 1. The number of anilines is 1. The fourth-order valence-corrected chi connectivity index (χ4v) is 1.75. The average molecular weight is 297 g/mol. The largest absolute Gasteiger partial charge is 0.444 e. The number of hydrogen-bond donors (Lipinski definition) is 3. The first kappa shape index (κ1) is 14.5. The van der Waals surface area contributed by atoms with E-state index in [0.29, 0.717) is 11.7 Å². The molecule has 108 valence electrons. The maximum Gasteiger partial charge on any atom is 0.407 e. The van der Waals surface area contributed by atoms with E-state index in [1.165, 1.54) is 0 Å². The van der Waals surface area contributed by atoms with E-state index in [-0.39, 0.29) is 0 Å². The van der Waals surface area contributed by atoms with Crippen LogP contribution in [-0.2, 0) is 4.74 Å². The van der Waals surface area contributed by atoms with Crippen LogP contribution in [0.1, 0.15) is 26.5 Å². The van der Waals surface area contributed by atoms with E-state index >= 15 is 0 Å². The zero-order valence-electron chi connectivity index (χ0n) is 11.6. The number of halogens is 1. The van der Waals surface area contributed by atoms with Crippen molar-refractivity contribution in [2.24, 2.45) is 0 Å². The highest BCUT2D eigenvalue weighted by Crippen LogP contribution is 2.21. The maximum absolute atomic E-state index is 11.6.